The van der Waals surface area contributed by atoms with Gasteiger partial charge in [0.15, 0.2) is 0 Å². The number of nitrogens with zero attached hydrogens (tertiary/aromatic N) is 2. The number of benzene rings is 3. The van der Waals surface area contributed by atoms with E-state index in [1.165, 1.54) is 35.2 Å². The van der Waals surface area contributed by atoms with Crippen LogP contribution >= 0.6 is 0 Å². The van der Waals surface area contributed by atoms with Gasteiger partial charge in [0.25, 0.3) is 10.0 Å². The van der Waals surface area contributed by atoms with Gasteiger partial charge in [0.1, 0.15) is 18.4 Å². The minimum atomic E-state index is -4.33. The van der Waals surface area contributed by atoms with Crippen molar-refractivity contribution in [3.63, 3.8) is 0 Å². The molecule has 0 heterocycles. The van der Waals surface area contributed by atoms with Crippen LogP contribution in [-0.2, 0) is 26.2 Å². The van der Waals surface area contributed by atoms with Gasteiger partial charge in [-0.05, 0) is 56.5 Å². The molecule has 0 aliphatic heterocycles. The number of carbonyl (C=O) groups is 2. The topological polar surface area (TPSA) is 86.8 Å². The summed E-state index contributed by atoms with van der Waals surface area (Å²) in [5.41, 5.74) is 1.39. The molecule has 3 rings (SSSR count). The van der Waals surface area contributed by atoms with Crippen molar-refractivity contribution in [3.8, 4) is 0 Å². The largest absolute Gasteiger partial charge is 0.352 e. The van der Waals surface area contributed by atoms with E-state index in [1.54, 1.807) is 19.1 Å². The minimum absolute atomic E-state index is 0.0692. The zero-order chi connectivity index (χ0) is 28.6. The predicted octanol–water partition coefficient (Wildman–Crippen LogP) is 5.05. The van der Waals surface area contributed by atoms with Crippen molar-refractivity contribution in [2.24, 2.45) is 0 Å². The molecule has 0 spiro atoms. The quantitative estimate of drug-likeness (QED) is 0.340. The first-order chi connectivity index (χ1) is 18.6. The normalized spacial score (nSPS) is 12.8. The molecule has 2 amide bonds. The molecule has 9 heteroatoms. The van der Waals surface area contributed by atoms with E-state index in [0.29, 0.717) is 12.8 Å². The zero-order valence-corrected chi connectivity index (χ0v) is 23.6. The lowest BCUT2D eigenvalue weighted by Gasteiger charge is -2.33. The molecule has 7 nitrogen and oxygen atoms in total. The fraction of sp³-hybridized carbons (Fsp3) is 0.333. The molecule has 0 bridgehead atoms. The number of rotatable bonds is 12. The van der Waals surface area contributed by atoms with Crippen LogP contribution in [-0.4, -0.2) is 43.8 Å². The van der Waals surface area contributed by atoms with E-state index in [1.807, 2.05) is 51.1 Å². The molecule has 3 aromatic carbocycles. The third kappa shape index (κ3) is 7.44. The lowest BCUT2D eigenvalue weighted by atomic mass is 10.1. The first kappa shape index (κ1) is 29.8. The Balaban J connectivity index is 2.05. The van der Waals surface area contributed by atoms with Crippen LogP contribution in [0.1, 0.15) is 44.7 Å². The Morgan fingerprint density at radius 2 is 1.51 bits per heavy atom. The van der Waals surface area contributed by atoms with Crippen LogP contribution in [0.15, 0.2) is 83.8 Å². The van der Waals surface area contributed by atoms with Crippen LogP contribution in [0, 0.1) is 12.7 Å². The highest BCUT2D eigenvalue weighted by Gasteiger charge is 2.34. The molecule has 0 aromatic heterocycles. The van der Waals surface area contributed by atoms with Crippen LogP contribution in [0.4, 0.5) is 10.1 Å². The molecular formula is C30H36FN3O4S. The molecule has 3 aromatic rings. The lowest BCUT2D eigenvalue weighted by Crippen LogP contribution is -2.53. The van der Waals surface area contributed by atoms with Gasteiger partial charge >= 0.3 is 0 Å². The second kappa shape index (κ2) is 13.4. The van der Waals surface area contributed by atoms with Gasteiger partial charge in [0.05, 0.1) is 10.6 Å². The summed E-state index contributed by atoms with van der Waals surface area (Å²) in [7, 11) is -4.33. The molecule has 0 saturated carbocycles. The van der Waals surface area contributed by atoms with Gasteiger partial charge in [0.2, 0.25) is 11.8 Å². The SMILES string of the molecule is CC[C@H](C)NC(=O)[C@H](CC)N(Cc1ccccc1)C(=O)CN(c1ccccc1F)S(=O)(=O)c1ccc(C)cc1. The van der Waals surface area contributed by atoms with Gasteiger partial charge in [0, 0.05) is 12.6 Å². The Hall–Kier alpha value is -3.72. The van der Waals surface area contributed by atoms with Crippen LogP contribution in [0.2, 0.25) is 0 Å². The number of sulfonamides is 1. The predicted molar refractivity (Wildman–Crippen MR) is 151 cm³/mol. The van der Waals surface area contributed by atoms with E-state index >= 15 is 0 Å². The zero-order valence-electron chi connectivity index (χ0n) is 22.8. The molecule has 2 atom stereocenters. The number of anilines is 1. The average Bonchev–Trinajstić information content (AvgIpc) is 2.92. The van der Waals surface area contributed by atoms with Crippen molar-refractivity contribution in [1.29, 1.82) is 0 Å². The number of hydrogen-bond acceptors (Lipinski definition) is 4. The van der Waals surface area contributed by atoms with Crippen molar-refractivity contribution in [1.82, 2.24) is 10.2 Å². The summed E-state index contributed by atoms with van der Waals surface area (Å²) in [5, 5.41) is 2.93. The first-order valence-corrected chi connectivity index (χ1v) is 14.5. The monoisotopic (exact) mass is 553 g/mol. The van der Waals surface area contributed by atoms with Crippen molar-refractivity contribution < 1.29 is 22.4 Å². The highest BCUT2D eigenvalue weighted by atomic mass is 32.2. The lowest BCUT2D eigenvalue weighted by molar-refractivity contribution is -0.140. The fourth-order valence-electron chi connectivity index (χ4n) is 4.15. The molecular weight excluding hydrogens is 517 g/mol. The maximum Gasteiger partial charge on any atom is 0.264 e. The summed E-state index contributed by atoms with van der Waals surface area (Å²) in [6.45, 7) is 6.84. The van der Waals surface area contributed by atoms with Gasteiger partial charge in [-0.25, -0.2) is 12.8 Å². The fourth-order valence-corrected chi connectivity index (χ4v) is 5.57. The molecule has 0 aliphatic rings. The Bertz CT molecular complexity index is 1360. The standard InChI is InChI=1S/C30H36FN3O4S/c1-5-23(4)32-30(36)27(6-2)33(20-24-12-8-7-9-13-24)29(35)21-34(28-15-11-10-14-26(28)31)39(37,38)25-18-16-22(3)17-19-25/h7-19,23,27H,5-6,20-21H2,1-4H3,(H,32,36)/t23-,27-/m0/s1. The molecule has 0 aliphatic carbocycles. The molecule has 208 valence electrons. The minimum Gasteiger partial charge on any atom is -0.352 e. The van der Waals surface area contributed by atoms with E-state index in [0.717, 1.165) is 21.5 Å². The first-order valence-electron chi connectivity index (χ1n) is 13.1. The molecule has 0 saturated heterocycles. The summed E-state index contributed by atoms with van der Waals surface area (Å²) in [6, 6.07) is 19.8. The maximum atomic E-state index is 15.0. The van der Waals surface area contributed by atoms with Crippen molar-refractivity contribution in [3.05, 3.63) is 95.8 Å². The molecule has 1 N–H and O–H groups in total. The molecule has 0 fully saturated rings. The molecule has 0 radical (unpaired) electrons. The van der Waals surface area contributed by atoms with Gasteiger partial charge in [-0.3, -0.25) is 13.9 Å². The van der Waals surface area contributed by atoms with E-state index < -0.39 is 34.3 Å². The second-order valence-electron chi connectivity index (χ2n) is 9.53. The van der Waals surface area contributed by atoms with Gasteiger partial charge in [-0.15, -0.1) is 0 Å². The Kier molecular flexibility index (Phi) is 10.2. The van der Waals surface area contributed by atoms with Gasteiger partial charge in [-0.1, -0.05) is 74.0 Å². The third-order valence-electron chi connectivity index (χ3n) is 6.59. The third-order valence-corrected chi connectivity index (χ3v) is 8.37. The van der Waals surface area contributed by atoms with E-state index in [4.69, 9.17) is 0 Å². The number of carbonyl (C=O) groups excluding carboxylic acids is 2. The Labute approximate surface area is 230 Å². The highest BCUT2D eigenvalue weighted by molar-refractivity contribution is 7.92. The van der Waals surface area contributed by atoms with E-state index in [9.17, 15) is 22.4 Å². The Morgan fingerprint density at radius 3 is 2.10 bits per heavy atom. The Morgan fingerprint density at radius 1 is 0.897 bits per heavy atom. The van der Waals surface area contributed by atoms with Gasteiger partial charge < -0.3 is 10.2 Å². The van der Waals surface area contributed by atoms with Crippen molar-refractivity contribution in [2.75, 3.05) is 10.8 Å². The molecule has 0 unspecified atom stereocenters. The summed E-state index contributed by atoms with van der Waals surface area (Å²) >= 11 is 0. The summed E-state index contributed by atoms with van der Waals surface area (Å²) in [5.74, 6) is -1.73. The van der Waals surface area contributed by atoms with E-state index in [2.05, 4.69) is 5.32 Å². The summed E-state index contributed by atoms with van der Waals surface area (Å²) in [6.07, 6.45) is 1.02. The van der Waals surface area contributed by atoms with Crippen molar-refractivity contribution in [2.45, 2.75) is 64.1 Å². The van der Waals surface area contributed by atoms with E-state index in [-0.39, 0.29) is 29.1 Å². The molecule has 39 heavy (non-hydrogen) atoms. The summed E-state index contributed by atoms with van der Waals surface area (Å²) < 4.78 is 43.3. The van der Waals surface area contributed by atoms with Crippen LogP contribution in [0.25, 0.3) is 0 Å². The van der Waals surface area contributed by atoms with Crippen LogP contribution in [0.5, 0.6) is 0 Å². The smallest absolute Gasteiger partial charge is 0.264 e. The van der Waals surface area contributed by atoms with Crippen molar-refractivity contribution >= 4 is 27.5 Å². The highest BCUT2D eigenvalue weighted by Crippen LogP contribution is 2.27. The van der Waals surface area contributed by atoms with Crippen LogP contribution < -0.4 is 9.62 Å². The average molecular weight is 554 g/mol. The maximum absolute atomic E-state index is 15.0. The number of aryl methyl sites for hydroxylation is 1. The number of amides is 2. The van der Waals surface area contributed by atoms with Gasteiger partial charge in [-0.2, -0.15) is 0 Å². The second-order valence-corrected chi connectivity index (χ2v) is 11.4. The summed E-state index contributed by atoms with van der Waals surface area (Å²) in [4.78, 5) is 28.5. The number of halogens is 1. The van der Waals surface area contributed by atoms with Crippen LogP contribution in [0.3, 0.4) is 0 Å². The number of para-hydroxylation sites is 1. The number of hydrogen-bond donors (Lipinski definition) is 1. The number of nitrogens with one attached hydrogen (secondary N) is 1.